The standard InChI is InChI=1S/C9H12ClNO/c1-6(11)7-3-8(10)5-9(4-7)12-2/h3-6H,11H2,1-2H3/t6-/m0/s1. The van der Waals surface area contributed by atoms with Gasteiger partial charge in [0.1, 0.15) is 5.75 Å². The number of nitrogens with two attached hydrogens (primary N) is 1. The molecule has 0 saturated carbocycles. The molecule has 0 radical (unpaired) electrons. The number of ether oxygens (including phenoxy) is 1. The third kappa shape index (κ3) is 2.13. The maximum absolute atomic E-state index is 5.84. The molecule has 66 valence electrons. The molecule has 0 aliphatic carbocycles. The van der Waals surface area contributed by atoms with E-state index in [1.54, 1.807) is 13.2 Å². The van der Waals surface area contributed by atoms with E-state index in [0.717, 1.165) is 11.3 Å². The van der Waals surface area contributed by atoms with Gasteiger partial charge in [0, 0.05) is 11.1 Å². The van der Waals surface area contributed by atoms with Crippen LogP contribution < -0.4 is 10.5 Å². The van der Waals surface area contributed by atoms with E-state index in [0.29, 0.717) is 5.02 Å². The third-order valence-corrected chi connectivity index (χ3v) is 1.87. The van der Waals surface area contributed by atoms with Crippen LogP contribution in [0.25, 0.3) is 0 Å². The highest BCUT2D eigenvalue weighted by molar-refractivity contribution is 6.30. The monoisotopic (exact) mass is 185 g/mol. The van der Waals surface area contributed by atoms with Crippen molar-refractivity contribution < 1.29 is 4.74 Å². The Balaban J connectivity index is 3.06. The molecule has 0 aromatic heterocycles. The molecule has 0 aliphatic rings. The summed E-state index contributed by atoms with van der Waals surface area (Å²) >= 11 is 5.84. The van der Waals surface area contributed by atoms with Gasteiger partial charge in [0.05, 0.1) is 7.11 Å². The zero-order valence-corrected chi connectivity index (χ0v) is 7.93. The van der Waals surface area contributed by atoms with Gasteiger partial charge in [0.15, 0.2) is 0 Å². The lowest BCUT2D eigenvalue weighted by molar-refractivity contribution is 0.414. The lowest BCUT2D eigenvalue weighted by Crippen LogP contribution is -2.04. The summed E-state index contributed by atoms with van der Waals surface area (Å²) in [5, 5.41) is 0.654. The molecule has 3 heteroatoms. The second kappa shape index (κ2) is 3.78. The maximum atomic E-state index is 5.84. The molecule has 1 rings (SSSR count). The number of hydrogen-bond donors (Lipinski definition) is 1. The summed E-state index contributed by atoms with van der Waals surface area (Å²) in [4.78, 5) is 0. The van der Waals surface area contributed by atoms with E-state index in [9.17, 15) is 0 Å². The number of hydrogen-bond acceptors (Lipinski definition) is 2. The van der Waals surface area contributed by atoms with Crippen LogP contribution in [0.3, 0.4) is 0 Å². The van der Waals surface area contributed by atoms with Crippen LogP contribution in [0.15, 0.2) is 18.2 Å². The van der Waals surface area contributed by atoms with Crippen molar-refractivity contribution in [3.05, 3.63) is 28.8 Å². The minimum atomic E-state index is -0.0161. The van der Waals surface area contributed by atoms with Crippen LogP contribution in [-0.2, 0) is 0 Å². The fourth-order valence-electron chi connectivity index (χ4n) is 0.965. The van der Waals surface area contributed by atoms with Crippen LogP contribution in [0.2, 0.25) is 5.02 Å². The van der Waals surface area contributed by atoms with Crippen molar-refractivity contribution in [3.63, 3.8) is 0 Å². The summed E-state index contributed by atoms with van der Waals surface area (Å²) < 4.78 is 5.05. The second-order valence-electron chi connectivity index (χ2n) is 2.71. The summed E-state index contributed by atoms with van der Waals surface area (Å²) in [5.41, 5.74) is 6.68. The molecule has 0 saturated heterocycles. The van der Waals surface area contributed by atoms with Crippen LogP contribution in [-0.4, -0.2) is 7.11 Å². The second-order valence-corrected chi connectivity index (χ2v) is 3.15. The molecular weight excluding hydrogens is 174 g/mol. The van der Waals surface area contributed by atoms with E-state index >= 15 is 0 Å². The zero-order chi connectivity index (χ0) is 9.14. The summed E-state index contributed by atoms with van der Waals surface area (Å²) in [6, 6.07) is 5.47. The van der Waals surface area contributed by atoms with Gasteiger partial charge in [0.25, 0.3) is 0 Å². The summed E-state index contributed by atoms with van der Waals surface area (Å²) in [7, 11) is 1.61. The van der Waals surface area contributed by atoms with E-state index in [2.05, 4.69) is 0 Å². The van der Waals surface area contributed by atoms with Gasteiger partial charge in [-0.3, -0.25) is 0 Å². The van der Waals surface area contributed by atoms with Crippen LogP contribution in [0.5, 0.6) is 5.75 Å². The number of benzene rings is 1. The van der Waals surface area contributed by atoms with Gasteiger partial charge in [-0.05, 0) is 30.7 Å². The van der Waals surface area contributed by atoms with Crippen LogP contribution in [0.4, 0.5) is 0 Å². The van der Waals surface area contributed by atoms with Gasteiger partial charge in [-0.1, -0.05) is 11.6 Å². The molecule has 0 fully saturated rings. The van der Waals surface area contributed by atoms with Crippen molar-refractivity contribution in [1.29, 1.82) is 0 Å². The van der Waals surface area contributed by atoms with E-state index in [1.165, 1.54) is 0 Å². The van der Waals surface area contributed by atoms with Crippen LogP contribution >= 0.6 is 11.6 Å². The van der Waals surface area contributed by atoms with Crippen molar-refractivity contribution in [1.82, 2.24) is 0 Å². The van der Waals surface area contributed by atoms with Gasteiger partial charge < -0.3 is 10.5 Å². The lowest BCUT2D eigenvalue weighted by atomic mass is 10.1. The molecule has 0 amide bonds. The number of methoxy groups -OCH3 is 1. The largest absolute Gasteiger partial charge is 0.497 e. The van der Waals surface area contributed by atoms with E-state index < -0.39 is 0 Å². The van der Waals surface area contributed by atoms with Crippen molar-refractivity contribution in [2.75, 3.05) is 7.11 Å². The zero-order valence-electron chi connectivity index (χ0n) is 7.17. The predicted octanol–water partition coefficient (Wildman–Crippen LogP) is 2.37. The fourth-order valence-corrected chi connectivity index (χ4v) is 1.20. The summed E-state index contributed by atoms with van der Waals surface area (Å²) in [5.74, 6) is 0.745. The van der Waals surface area contributed by atoms with Gasteiger partial charge >= 0.3 is 0 Å². The van der Waals surface area contributed by atoms with Crippen molar-refractivity contribution in [2.24, 2.45) is 5.73 Å². The first-order valence-electron chi connectivity index (χ1n) is 3.73. The molecule has 0 heterocycles. The van der Waals surface area contributed by atoms with Crippen molar-refractivity contribution in [2.45, 2.75) is 13.0 Å². The molecule has 1 atom stereocenters. The molecule has 2 nitrogen and oxygen atoms in total. The highest BCUT2D eigenvalue weighted by atomic mass is 35.5. The minimum Gasteiger partial charge on any atom is -0.497 e. The quantitative estimate of drug-likeness (QED) is 0.768. The van der Waals surface area contributed by atoms with Gasteiger partial charge in [-0.2, -0.15) is 0 Å². The molecule has 1 aromatic carbocycles. The molecule has 0 bridgehead atoms. The highest BCUT2D eigenvalue weighted by Crippen LogP contribution is 2.23. The first-order chi connectivity index (χ1) is 5.63. The smallest absolute Gasteiger partial charge is 0.120 e. The van der Waals surface area contributed by atoms with E-state index in [1.807, 2.05) is 19.1 Å². The molecular formula is C9H12ClNO. The Labute approximate surface area is 77.3 Å². The average Bonchev–Trinajstić information content (AvgIpc) is 2.03. The minimum absolute atomic E-state index is 0.0161. The number of halogens is 1. The van der Waals surface area contributed by atoms with Gasteiger partial charge in [-0.25, -0.2) is 0 Å². The Morgan fingerprint density at radius 3 is 2.58 bits per heavy atom. The van der Waals surface area contributed by atoms with E-state index in [-0.39, 0.29) is 6.04 Å². The first kappa shape index (κ1) is 9.36. The predicted molar refractivity (Wildman–Crippen MR) is 50.6 cm³/mol. The third-order valence-electron chi connectivity index (χ3n) is 1.66. The highest BCUT2D eigenvalue weighted by Gasteiger charge is 2.02. The van der Waals surface area contributed by atoms with Gasteiger partial charge in [0.2, 0.25) is 0 Å². The lowest BCUT2D eigenvalue weighted by Gasteiger charge is -2.08. The molecule has 1 aromatic rings. The molecule has 0 aliphatic heterocycles. The Hall–Kier alpha value is -0.730. The van der Waals surface area contributed by atoms with Crippen LogP contribution in [0.1, 0.15) is 18.5 Å². The average molecular weight is 186 g/mol. The van der Waals surface area contributed by atoms with Crippen molar-refractivity contribution >= 4 is 11.6 Å². The molecule has 0 unspecified atom stereocenters. The fraction of sp³-hybridized carbons (Fsp3) is 0.333. The molecule has 0 spiro atoms. The SMILES string of the molecule is COc1cc(Cl)cc([C@H](C)N)c1. The Kier molecular flexibility index (Phi) is 2.95. The number of rotatable bonds is 2. The van der Waals surface area contributed by atoms with Crippen LogP contribution in [0, 0.1) is 0 Å². The topological polar surface area (TPSA) is 35.2 Å². The Morgan fingerprint density at radius 1 is 1.42 bits per heavy atom. The molecule has 12 heavy (non-hydrogen) atoms. The normalized spacial score (nSPS) is 12.7. The molecule has 2 N–H and O–H groups in total. The maximum Gasteiger partial charge on any atom is 0.120 e. The Bertz CT molecular complexity index is 273. The van der Waals surface area contributed by atoms with Crippen molar-refractivity contribution in [3.8, 4) is 5.75 Å². The van der Waals surface area contributed by atoms with Gasteiger partial charge in [-0.15, -0.1) is 0 Å². The Morgan fingerprint density at radius 2 is 2.08 bits per heavy atom. The van der Waals surface area contributed by atoms with E-state index in [4.69, 9.17) is 22.1 Å². The summed E-state index contributed by atoms with van der Waals surface area (Å²) in [6.45, 7) is 1.91. The summed E-state index contributed by atoms with van der Waals surface area (Å²) in [6.07, 6.45) is 0. The first-order valence-corrected chi connectivity index (χ1v) is 4.11.